The second-order valence-corrected chi connectivity index (χ2v) is 16.5. The summed E-state index contributed by atoms with van der Waals surface area (Å²) in [5.74, 6) is 0. The third-order valence-electron chi connectivity index (χ3n) is 13.5. The van der Waals surface area contributed by atoms with Crippen LogP contribution in [0.25, 0.3) is 99.3 Å². The predicted molar refractivity (Wildman–Crippen MR) is 255 cm³/mol. The van der Waals surface area contributed by atoms with Gasteiger partial charge < -0.3 is 0 Å². The second-order valence-electron chi connectivity index (χ2n) is 16.5. The first-order valence-electron chi connectivity index (χ1n) is 21.2. The molecule has 1 spiro atoms. The maximum Gasteiger partial charge on any atom is 0.0725 e. The van der Waals surface area contributed by atoms with Gasteiger partial charge in [0.05, 0.1) is 16.8 Å². The number of benzene rings is 10. The highest BCUT2D eigenvalue weighted by Gasteiger charge is 2.52. The van der Waals surface area contributed by atoms with Crippen LogP contribution in [-0.4, -0.2) is 4.98 Å². The van der Waals surface area contributed by atoms with Crippen LogP contribution in [0.3, 0.4) is 0 Å². The van der Waals surface area contributed by atoms with Gasteiger partial charge in [0.1, 0.15) is 0 Å². The number of hydrogen-bond donors (Lipinski definition) is 0. The minimum atomic E-state index is -0.416. The molecule has 0 N–H and O–H groups in total. The Kier molecular flexibility index (Phi) is 7.29. The second kappa shape index (κ2) is 13.1. The summed E-state index contributed by atoms with van der Waals surface area (Å²) in [7, 11) is 0. The van der Waals surface area contributed by atoms with Gasteiger partial charge in [-0.25, -0.2) is 4.98 Å². The number of rotatable bonds is 4. The Morgan fingerprint density at radius 1 is 0.246 bits per heavy atom. The zero-order valence-electron chi connectivity index (χ0n) is 33.3. The summed E-state index contributed by atoms with van der Waals surface area (Å²) < 4.78 is 0. The predicted octanol–water partition coefficient (Wildman–Crippen LogP) is 15.6. The molecular formula is C60H37N. The van der Waals surface area contributed by atoms with Crippen LogP contribution in [0.15, 0.2) is 224 Å². The van der Waals surface area contributed by atoms with E-state index in [0.29, 0.717) is 0 Å². The lowest BCUT2D eigenvalue weighted by molar-refractivity contribution is 0.794. The van der Waals surface area contributed by atoms with Crippen molar-refractivity contribution in [3.8, 4) is 67.0 Å². The van der Waals surface area contributed by atoms with Gasteiger partial charge >= 0.3 is 0 Å². The monoisotopic (exact) mass is 771 g/mol. The first kappa shape index (κ1) is 34.0. The van der Waals surface area contributed by atoms with Crippen molar-refractivity contribution < 1.29 is 0 Å². The van der Waals surface area contributed by atoms with Crippen molar-refractivity contribution in [2.45, 2.75) is 5.41 Å². The highest BCUT2D eigenvalue weighted by atomic mass is 14.7. The Labute approximate surface area is 354 Å². The van der Waals surface area contributed by atoms with Crippen molar-refractivity contribution in [2.24, 2.45) is 0 Å². The van der Waals surface area contributed by atoms with Gasteiger partial charge in [0.2, 0.25) is 0 Å². The van der Waals surface area contributed by atoms with Gasteiger partial charge in [-0.2, -0.15) is 0 Å². The number of hydrogen-bond acceptors (Lipinski definition) is 1. The molecule has 11 aromatic rings. The number of fused-ring (bicyclic) bond motifs is 16. The molecule has 1 aromatic heterocycles. The summed E-state index contributed by atoms with van der Waals surface area (Å²) in [4.78, 5) is 5.52. The molecule has 1 heterocycles. The average molecular weight is 772 g/mol. The van der Waals surface area contributed by atoms with E-state index in [1.807, 2.05) is 0 Å². The molecule has 0 saturated carbocycles. The van der Waals surface area contributed by atoms with E-state index in [9.17, 15) is 0 Å². The summed E-state index contributed by atoms with van der Waals surface area (Å²) in [6.07, 6.45) is 0. The third-order valence-corrected chi connectivity index (χ3v) is 13.5. The van der Waals surface area contributed by atoms with Crippen LogP contribution in [-0.2, 0) is 5.41 Å². The van der Waals surface area contributed by atoms with Gasteiger partial charge in [-0.05, 0) is 123 Å². The van der Waals surface area contributed by atoms with Crippen LogP contribution in [0.5, 0.6) is 0 Å². The molecule has 0 unspecified atom stereocenters. The molecule has 0 bridgehead atoms. The highest BCUT2D eigenvalue weighted by molar-refractivity contribution is 6.25. The average Bonchev–Trinajstić information content (AvgIpc) is 3.82. The number of nitrogens with zero attached hydrogens (tertiary/aromatic N) is 1. The van der Waals surface area contributed by atoms with Gasteiger partial charge in [-0.1, -0.05) is 200 Å². The lowest BCUT2D eigenvalue weighted by Gasteiger charge is -2.30. The van der Waals surface area contributed by atoms with Gasteiger partial charge in [-0.3, -0.25) is 0 Å². The van der Waals surface area contributed by atoms with E-state index in [0.717, 1.165) is 33.6 Å². The quantitative estimate of drug-likeness (QED) is 0.162. The highest BCUT2D eigenvalue weighted by Crippen LogP contribution is 2.64. The number of pyridine rings is 1. The fraction of sp³-hybridized carbons (Fsp3) is 0.0167. The van der Waals surface area contributed by atoms with Crippen LogP contribution in [0.4, 0.5) is 0 Å². The molecule has 2 aliphatic carbocycles. The summed E-state index contributed by atoms with van der Waals surface area (Å²) in [6.45, 7) is 0. The maximum atomic E-state index is 5.52. The van der Waals surface area contributed by atoms with E-state index < -0.39 is 5.41 Å². The molecule has 61 heavy (non-hydrogen) atoms. The van der Waals surface area contributed by atoms with E-state index in [4.69, 9.17) is 4.98 Å². The normalized spacial score (nSPS) is 13.0. The van der Waals surface area contributed by atoms with E-state index in [1.165, 1.54) is 88.0 Å². The minimum Gasteiger partial charge on any atom is -0.248 e. The third kappa shape index (κ3) is 4.86. The molecule has 13 rings (SSSR count). The zero-order chi connectivity index (χ0) is 40.1. The van der Waals surface area contributed by atoms with Crippen molar-refractivity contribution in [2.75, 3.05) is 0 Å². The molecule has 0 atom stereocenters. The lowest BCUT2D eigenvalue weighted by atomic mass is 9.70. The standard InChI is InChI=1S/C60H37N/c1-2-16-38(17-3-1)57-36-42(40-19-14-18-39(34-40)41-32-33-47-45-22-5-4-20-43(45)44-21-6-7-23-46(44)52(47)35-41)37-58(61-57)51-27-15-31-56-59(51)50-26-10-13-30-55(50)60(56)53-28-11-8-24-48(53)49-25-9-12-29-54(49)60/h1-37H. The van der Waals surface area contributed by atoms with Crippen LogP contribution in [0.1, 0.15) is 22.3 Å². The smallest absolute Gasteiger partial charge is 0.0725 e. The van der Waals surface area contributed by atoms with Gasteiger partial charge in [-0.15, -0.1) is 0 Å². The van der Waals surface area contributed by atoms with Crippen molar-refractivity contribution in [3.05, 3.63) is 247 Å². The van der Waals surface area contributed by atoms with Crippen LogP contribution in [0.2, 0.25) is 0 Å². The molecule has 0 amide bonds. The van der Waals surface area contributed by atoms with Crippen molar-refractivity contribution in [1.29, 1.82) is 0 Å². The van der Waals surface area contributed by atoms with E-state index in [-0.39, 0.29) is 0 Å². The van der Waals surface area contributed by atoms with Crippen LogP contribution in [0, 0.1) is 0 Å². The lowest BCUT2D eigenvalue weighted by Crippen LogP contribution is -2.25. The fourth-order valence-corrected chi connectivity index (χ4v) is 10.9. The minimum absolute atomic E-state index is 0.416. The van der Waals surface area contributed by atoms with Crippen molar-refractivity contribution in [3.63, 3.8) is 0 Å². The molecule has 0 fully saturated rings. The Morgan fingerprint density at radius 2 is 0.689 bits per heavy atom. The van der Waals surface area contributed by atoms with Crippen LogP contribution >= 0.6 is 0 Å². The first-order valence-corrected chi connectivity index (χ1v) is 21.2. The Hall–Kier alpha value is -7.87. The first-order chi connectivity index (χ1) is 30.3. The summed E-state index contributed by atoms with van der Waals surface area (Å²) >= 11 is 0. The summed E-state index contributed by atoms with van der Waals surface area (Å²) in [5, 5.41) is 7.71. The van der Waals surface area contributed by atoms with E-state index in [2.05, 4.69) is 224 Å². The molecule has 0 radical (unpaired) electrons. The molecule has 2 aliphatic rings. The SMILES string of the molecule is c1ccc(-c2cc(-c3cccc(-c4ccc5c6ccccc6c6ccccc6c5c4)c3)cc(-c3cccc4c3-c3ccccc3C43c4ccccc4-c4ccccc43)n2)cc1. The van der Waals surface area contributed by atoms with Gasteiger partial charge in [0.15, 0.2) is 0 Å². The van der Waals surface area contributed by atoms with E-state index >= 15 is 0 Å². The molecule has 0 saturated heterocycles. The molecular weight excluding hydrogens is 735 g/mol. The van der Waals surface area contributed by atoms with Gasteiger partial charge in [0, 0.05) is 11.1 Å². The summed E-state index contributed by atoms with van der Waals surface area (Å²) in [6, 6.07) is 82.8. The molecule has 0 aliphatic heterocycles. The van der Waals surface area contributed by atoms with Crippen molar-refractivity contribution >= 4 is 32.3 Å². The molecule has 1 heteroatoms. The molecule has 1 nitrogen and oxygen atoms in total. The summed E-state index contributed by atoms with van der Waals surface area (Å²) in [5.41, 5.74) is 18.9. The number of aromatic nitrogens is 1. The Morgan fingerprint density at radius 3 is 1.36 bits per heavy atom. The maximum absolute atomic E-state index is 5.52. The van der Waals surface area contributed by atoms with Gasteiger partial charge in [0.25, 0.3) is 0 Å². The van der Waals surface area contributed by atoms with Crippen molar-refractivity contribution in [1.82, 2.24) is 4.98 Å². The Balaban J connectivity index is 1.01. The zero-order valence-corrected chi connectivity index (χ0v) is 33.3. The molecule has 10 aromatic carbocycles. The Bertz CT molecular complexity index is 3510. The van der Waals surface area contributed by atoms with Crippen LogP contribution < -0.4 is 0 Å². The molecule has 282 valence electrons. The fourth-order valence-electron chi connectivity index (χ4n) is 10.9. The topological polar surface area (TPSA) is 12.9 Å². The van der Waals surface area contributed by atoms with E-state index in [1.54, 1.807) is 0 Å². The largest absolute Gasteiger partial charge is 0.248 e.